The number of hydrogen-bond acceptors (Lipinski definition) is 6. The van der Waals surface area contributed by atoms with Gasteiger partial charge in [-0.15, -0.1) is 0 Å². The minimum absolute atomic E-state index is 0.0259. The summed E-state index contributed by atoms with van der Waals surface area (Å²) in [5.41, 5.74) is 1.26. The number of rotatable bonds is 12. The van der Waals surface area contributed by atoms with Crippen molar-refractivity contribution >= 4 is 44.8 Å². The van der Waals surface area contributed by atoms with Gasteiger partial charge in [0.15, 0.2) is 0 Å². The van der Waals surface area contributed by atoms with Gasteiger partial charge in [0.2, 0.25) is 16.7 Å². The van der Waals surface area contributed by atoms with E-state index in [9.17, 15) is 22.4 Å². The summed E-state index contributed by atoms with van der Waals surface area (Å²) in [6.07, 6.45) is 6.12. The molecule has 0 heterocycles. The van der Waals surface area contributed by atoms with Crippen molar-refractivity contribution in [3.05, 3.63) is 52.8 Å². The van der Waals surface area contributed by atoms with E-state index in [1.807, 2.05) is 0 Å². The highest BCUT2D eigenvalue weighted by molar-refractivity contribution is 7.91. The third-order valence-corrected chi connectivity index (χ3v) is 10.1. The summed E-state index contributed by atoms with van der Waals surface area (Å²) in [6.45, 7) is 5.90. The molecule has 0 radical (unpaired) electrons. The number of carbonyl (C=O) groups excluding carboxylic acids is 2. The molecule has 41 heavy (non-hydrogen) atoms. The van der Waals surface area contributed by atoms with Crippen molar-refractivity contribution < 1.29 is 27.1 Å². The summed E-state index contributed by atoms with van der Waals surface area (Å²) in [4.78, 5) is 23.4. The van der Waals surface area contributed by atoms with Crippen LogP contribution in [0.15, 0.2) is 36.4 Å². The molecule has 4 rings (SSSR count). The van der Waals surface area contributed by atoms with E-state index in [0.29, 0.717) is 23.2 Å². The topological polar surface area (TPSA) is 114 Å². The zero-order chi connectivity index (χ0) is 29.8. The van der Waals surface area contributed by atoms with E-state index in [4.69, 9.17) is 16.3 Å². The van der Waals surface area contributed by atoms with Crippen molar-refractivity contribution in [1.82, 2.24) is 4.72 Å². The Morgan fingerprint density at radius 3 is 2.37 bits per heavy atom. The highest BCUT2D eigenvalue weighted by Gasteiger charge is 2.58. The quantitative estimate of drug-likeness (QED) is 0.257. The molecule has 0 spiro atoms. The summed E-state index contributed by atoms with van der Waals surface area (Å²) in [5, 5.41) is 6.75. The van der Waals surface area contributed by atoms with Crippen LogP contribution in [0.4, 0.5) is 15.8 Å². The van der Waals surface area contributed by atoms with Crippen LogP contribution < -0.4 is 20.1 Å². The van der Waals surface area contributed by atoms with Gasteiger partial charge >= 0.3 is 0 Å². The monoisotopic (exact) mass is 607 g/mol. The molecule has 2 aromatic carbocycles. The predicted octanol–water partition coefficient (Wildman–Crippen LogP) is 6.40. The zero-order valence-electron chi connectivity index (χ0n) is 23.8. The molecule has 2 aromatic rings. The molecule has 11 heteroatoms. The van der Waals surface area contributed by atoms with E-state index in [-0.39, 0.29) is 48.1 Å². The van der Waals surface area contributed by atoms with Crippen molar-refractivity contribution in [2.75, 3.05) is 10.6 Å². The van der Waals surface area contributed by atoms with Crippen molar-refractivity contribution in [3.8, 4) is 5.75 Å². The molecule has 8 nitrogen and oxygen atoms in total. The SMILES string of the molecule is CCC(=O)NS(=O)(=O)C1(Oc2ccc(NC(C(C)C)C3CCCCC3)c(NC(=O)Cc3ccc(Cl)cc3F)c2)CC1. The number of halogens is 2. The Morgan fingerprint density at radius 2 is 1.76 bits per heavy atom. The van der Waals surface area contributed by atoms with E-state index >= 15 is 0 Å². The molecule has 1 unspecified atom stereocenters. The maximum Gasteiger partial charge on any atom is 0.276 e. The van der Waals surface area contributed by atoms with Crippen LogP contribution in [0.3, 0.4) is 0 Å². The first-order valence-electron chi connectivity index (χ1n) is 14.3. The van der Waals surface area contributed by atoms with Gasteiger partial charge in [-0.2, -0.15) is 0 Å². The normalized spacial score (nSPS) is 17.5. The number of nitrogens with one attached hydrogen (secondary N) is 3. The van der Waals surface area contributed by atoms with Crippen LogP contribution in [0.5, 0.6) is 5.75 Å². The van der Waals surface area contributed by atoms with Crippen LogP contribution in [0.25, 0.3) is 0 Å². The first-order chi connectivity index (χ1) is 19.4. The molecular weight excluding hydrogens is 569 g/mol. The first kappa shape index (κ1) is 31.1. The minimum atomic E-state index is -4.08. The summed E-state index contributed by atoms with van der Waals surface area (Å²) >= 11 is 5.86. The van der Waals surface area contributed by atoms with Gasteiger partial charge in [-0.25, -0.2) is 17.5 Å². The molecule has 224 valence electrons. The largest absolute Gasteiger partial charge is 0.469 e. The summed E-state index contributed by atoms with van der Waals surface area (Å²) in [7, 11) is -4.08. The fourth-order valence-electron chi connectivity index (χ4n) is 5.41. The van der Waals surface area contributed by atoms with E-state index in [1.165, 1.54) is 31.4 Å². The Labute approximate surface area is 246 Å². The number of hydrogen-bond donors (Lipinski definition) is 3. The predicted molar refractivity (Wildman–Crippen MR) is 159 cm³/mol. The van der Waals surface area contributed by atoms with Crippen molar-refractivity contribution in [3.63, 3.8) is 0 Å². The van der Waals surface area contributed by atoms with E-state index in [0.717, 1.165) is 18.9 Å². The minimum Gasteiger partial charge on any atom is -0.469 e. The zero-order valence-corrected chi connectivity index (χ0v) is 25.3. The van der Waals surface area contributed by atoms with Gasteiger partial charge < -0.3 is 15.4 Å². The molecule has 1 atom stereocenters. The van der Waals surface area contributed by atoms with Crippen LogP contribution in [0, 0.1) is 17.7 Å². The van der Waals surface area contributed by atoms with Crippen LogP contribution in [0.1, 0.15) is 77.7 Å². The average Bonchev–Trinajstić information content (AvgIpc) is 3.71. The Balaban J connectivity index is 1.61. The van der Waals surface area contributed by atoms with Gasteiger partial charge in [0.05, 0.1) is 17.8 Å². The molecule has 0 bridgehead atoms. The van der Waals surface area contributed by atoms with Crippen molar-refractivity contribution in [1.29, 1.82) is 0 Å². The first-order valence-corrected chi connectivity index (χ1v) is 16.2. The highest BCUT2D eigenvalue weighted by atomic mass is 35.5. The molecule has 0 saturated heterocycles. The van der Waals surface area contributed by atoms with Crippen LogP contribution in [-0.2, 0) is 26.0 Å². The van der Waals surface area contributed by atoms with Crippen LogP contribution in [-0.4, -0.2) is 31.2 Å². The molecule has 3 N–H and O–H groups in total. The number of sulfonamides is 1. The summed E-state index contributed by atoms with van der Waals surface area (Å²) in [5.74, 6) is -0.598. The van der Waals surface area contributed by atoms with E-state index in [2.05, 4.69) is 29.2 Å². The lowest BCUT2D eigenvalue weighted by Gasteiger charge is -2.35. The third-order valence-electron chi connectivity index (χ3n) is 7.85. The second kappa shape index (κ2) is 13.0. The maximum absolute atomic E-state index is 14.4. The Hall–Kier alpha value is -2.85. The van der Waals surface area contributed by atoms with Crippen molar-refractivity contribution in [2.24, 2.45) is 11.8 Å². The number of amides is 2. The molecule has 2 saturated carbocycles. The lowest BCUT2D eigenvalue weighted by Crippen LogP contribution is -2.42. The summed E-state index contributed by atoms with van der Waals surface area (Å²) in [6, 6.07) is 9.32. The fourth-order valence-corrected chi connectivity index (χ4v) is 7.04. The van der Waals surface area contributed by atoms with E-state index in [1.54, 1.807) is 25.1 Å². The molecule has 0 aromatic heterocycles. The maximum atomic E-state index is 14.4. The Bertz CT molecular complexity index is 1370. The number of benzene rings is 2. The average molecular weight is 608 g/mol. The van der Waals surface area contributed by atoms with Gasteiger partial charge in [0.25, 0.3) is 10.0 Å². The highest BCUT2D eigenvalue weighted by Crippen LogP contribution is 2.45. The Morgan fingerprint density at radius 1 is 1.05 bits per heavy atom. The number of anilines is 2. The molecular formula is C30H39ClFN3O5S. The number of carbonyl (C=O) groups is 2. The standard InChI is InChI=1S/C30H39ClFN3O5S/c1-4-27(36)35-41(38,39)30(14-15-30)40-23-12-13-25(34-29(19(2)3)20-8-6-5-7-9-20)26(18-23)33-28(37)16-21-10-11-22(31)17-24(21)32/h10-13,17-20,29,34H,4-9,14-16H2,1-3H3,(H,33,37)(H,35,36). The summed E-state index contributed by atoms with van der Waals surface area (Å²) < 4.78 is 48.2. The van der Waals surface area contributed by atoms with Gasteiger partial charge in [0, 0.05) is 36.4 Å². The lowest BCUT2D eigenvalue weighted by atomic mass is 9.79. The number of ether oxygens (including phenoxy) is 1. The molecule has 2 fully saturated rings. The Kier molecular flexibility index (Phi) is 9.85. The van der Waals surface area contributed by atoms with Gasteiger partial charge in [0.1, 0.15) is 11.6 Å². The third kappa shape index (κ3) is 7.71. The van der Waals surface area contributed by atoms with Gasteiger partial charge in [-0.05, 0) is 54.5 Å². The lowest BCUT2D eigenvalue weighted by molar-refractivity contribution is -0.119. The van der Waals surface area contributed by atoms with Gasteiger partial charge in [-0.1, -0.05) is 57.7 Å². The molecule has 2 aliphatic rings. The van der Waals surface area contributed by atoms with Crippen LogP contribution in [0.2, 0.25) is 5.02 Å². The molecule has 2 amide bonds. The second-order valence-corrected chi connectivity index (χ2v) is 13.8. The second-order valence-electron chi connectivity index (χ2n) is 11.4. The smallest absolute Gasteiger partial charge is 0.276 e. The molecule has 0 aliphatic heterocycles. The molecule has 2 aliphatic carbocycles. The van der Waals surface area contributed by atoms with Crippen LogP contribution >= 0.6 is 11.6 Å². The van der Waals surface area contributed by atoms with E-state index < -0.39 is 32.6 Å². The van der Waals surface area contributed by atoms with Crippen molar-refractivity contribution in [2.45, 2.75) is 89.5 Å². The van der Waals surface area contributed by atoms with Gasteiger partial charge in [-0.3, -0.25) is 9.59 Å². The fraction of sp³-hybridized carbons (Fsp3) is 0.533.